The molecule has 6 heteroatoms. The Bertz CT molecular complexity index is 327. The lowest BCUT2D eigenvalue weighted by Crippen LogP contribution is -2.44. The fraction of sp³-hybridized carbons (Fsp3) is 0.769. The minimum absolute atomic E-state index is 0.0821. The van der Waals surface area contributed by atoms with Gasteiger partial charge >= 0.3 is 5.97 Å². The van der Waals surface area contributed by atoms with Crippen LogP contribution in [-0.4, -0.2) is 35.0 Å². The van der Waals surface area contributed by atoms with Gasteiger partial charge in [-0.2, -0.15) is 0 Å². The van der Waals surface area contributed by atoms with Crippen molar-refractivity contribution in [1.29, 1.82) is 0 Å². The number of hydrogen-bond acceptors (Lipinski definition) is 3. The Morgan fingerprint density at radius 2 is 1.42 bits per heavy atom. The molecular weight excluding hydrogens is 248 g/mol. The fourth-order valence-electron chi connectivity index (χ4n) is 1.56. The summed E-state index contributed by atoms with van der Waals surface area (Å²) in [7, 11) is 0. The first kappa shape index (κ1) is 17.4. The van der Waals surface area contributed by atoms with Crippen LogP contribution in [0.1, 0.15) is 47.0 Å². The molecule has 0 aromatic carbocycles. The van der Waals surface area contributed by atoms with E-state index < -0.39 is 12.0 Å². The maximum Gasteiger partial charge on any atom is 0.326 e. The van der Waals surface area contributed by atoms with Crippen LogP contribution in [0.4, 0.5) is 0 Å². The number of aliphatic carboxylic acids is 1. The second-order valence-electron chi connectivity index (χ2n) is 5.20. The molecule has 0 heterocycles. The highest BCUT2D eigenvalue weighted by Gasteiger charge is 2.23. The zero-order chi connectivity index (χ0) is 15.0. The Kier molecular flexibility index (Phi) is 7.79. The standard InChI is InChI=1S/C13H24N2O4/c1-8(2)12(13(18)19)15-11(17)7-5-6-10(16)14-9(3)4/h8-9,12H,5-7H2,1-4H3,(H,14,16)(H,15,17)(H,18,19)/t12-/m1/s1. The fourth-order valence-corrected chi connectivity index (χ4v) is 1.56. The van der Waals surface area contributed by atoms with Crippen molar-refractivity contribution >= 4 is 17.8 Å². The van der Waals surface area contributed by atoms with Gasteiger partial charge in [0.25, 0.3) is 0 Å². The lowest BCUT2D eigenvalue weighted by atomic mass is 10.0. The summed E-state index contributed by atoms with van der Waals surface area (Å²) in [6, 6.07) is -0.796. The molecule has 2 amide bonds. The predicted molar refractivity (Wildman–Crippen MR) is 71.5 cm³/mol. The molecule has 0 aliphatic rings. The van der Waals surface area contributed by atoms with Crippen molar-refractivity contribution in [2.75, 3.05) is 0 Å². The van der Waals surface area contributed by atoms with E-state index in [2.05, 4.69) is 10.6 Å². The van der Waals surface area contributed by atoms with E-state index in [1.807, 2.05) is 13.8 Å². The van der Waals surface area contributed by atoms with E-state index in [0.29, 0.717) is 6.42 Å². The van der Waals surface area contributed by atoms with Crippen LogP contribution in [0, 0.1) is 5.92 Å². The summed E-state index contributed by atoms with van der Waals surface area (Å²) in [5, 5.41) is 14.1. The van der Waals surface area contributed by atoms with Crippen molar-refractivity contribution in [2.24, 2.45) is 5.92 Å². The van der Waals surface area contributed by atoms with Gasteiger partial charge in [0.2, 0.25) is 11.8 Å². The van der Waals surface area contributed by atoms with Gasteiger partial charge in [-0.1, -0.05) is 13.8 Å². The molecule has 1 atom stereocenters. The summed E-state index contributed by atoms with van der Waals surface area (Å²) >= 11 is 0. The van der Waals surface area contributed by atoms with Gasteiger partial charge in [0.1, 0.15) is 6.04 Å². The van der Waals surface area contributed by atoms with Crippen LogP contribution in [0.3, 0.4) is 0 Å². The first-order valence-electron chi connectivity index (χ1n) is 6.55. The summed E-state index contributed by atoms with van der Waals surface area (Å²) in [6.07, 6.45) is 0.835. The van der Waals surface area contributed by atoms with E-state index in [-0.39, 0.29) is 36.6 Å². The third-order valence-corrected chi connectivity index (χ3v) is 2.51. The van der Waals surface area contributed by atoms with Crippen LogP contribution >= 0.6 is 0 Å². The molecule has 0 saturated carbocycles. The van der Waals surface area contributed by atoms with Crippen LogP contribution in [0.5, 0.6) is 0 Å². The normalized spacial score (nSPS) is 12.3. The third-order valence-electron chi connectivity index (χ3n) is 2.51. The lowest BCUT2D eigenvalue weighted by Gasteiger charge is -2.17. The van der Waals surface area contributed by atoms with Crippen LogP contribution < -0.4 is 10.6 Å². The van der Waals surface area contributed by atoms with Gasteiger partial charge < -0.3 is 15.7 Å². The van der Waals surface area contributed by atoms with E-state index in [0.717, 1.165) is 0 Å². The summed E-state index contributed by atoms with van der Waals surface area (Å²) in [6.45, 7) is 7.19. The van der Waals surface area contributed by atoms with Gasteiger partial charge in [-0.15, -0.1) is 0 Å². The molecule has 0 aliphatic carbocycles. The number of carbonyl (C=O) groups is 3. The second-order valence-corrected chi connectivity index (χ2v) is 5.20. The van der Waals surface area contributed by atoms with Gasteiger partial charge in [-0.05, 0) is 26.2 Å². The van der Waals surface area contributed by atoms with Gasteiger partial charge in [-0.3, -0.25) is 9.59 Å². The van der Waals surface area contributed by atoms with Crippen molar-refractivity contribution < 1.29 is 19.5 Å². The Labute approximate surface area is 113 Å². The quantitative estimate of drug-likeness (QED) is 0.612. The number of carboxylic acid groups (broad SMARTS) is 1. The first-order chi connectivity index (χ1) is 8.73. The van der Waals surface area contributed by atoms with Crippen molar-refractivity contribution in [1.82, 2.24) is 10.6 Å². The molecule has 0 saturated heterocycles. The summed E-state index contributed by atoms with van der Waals surface area (Å²) in [5.74, 6) is -1.65. The molecule has 110 valence electrons. The number of carbonyl (C=O) groups excluding carboxylic acids is 2. The average Bonchev–Trinajstić information content (AvgIpc) is 2.23. The largest absolute Gasteiger partial charge is 0.480 e. The van der Waals surface area contributed by atoms with E-state index in [1.165, 1.54) is 0 Å². The maximum atomic E-state index is 11.6. The molecule has 0 radical (unpaired) electrons. The number of hydrogen-bond donors (Lipinski definition) is 3. The molecule has 0 bridgehead atoms. The van der Waals surface area contributed by atoms with Crippen molar-refractivity contribution in [3.63, 3.8) is 0 Å². The van der Waals surface area contributed by atoms with E-state index in [9.17, 15) is 14.4 Å². The van der Waals surface area contributed by atoms with Crippen LogP contribution in [0.15, 0.2) is 0 Å². The molecule has 0 spiro atoms. The third kappa shape index (κ3) is 8.18. The molecule has 0 fully saturated rings. The highest BCUT2D eigenvalue weighted by molar-refractivity contribution is 5.84. The summed E-state index contributed by atoms with van der Waals surface area (Å²) in [5.41, 5.74) is 0. The highest BCUT2D eigenvalue weighted by atomic mass is 16.4. The predicted octanol–water partition coefficient (Wildman–Crippen LogP) is 0.907. The SMILES string of the molecule is CC(C)NC(=O)CCCC(=O)N[C@@H](C(=O)O)C(C)C. The number of amides is 2. The molecule has 0 unspecified atom stereocenters. The molecule has 6 nitrogen and oxygen atoms in total. The molecule has 3 N–H and O–H groups in total. The lowest BCUT2D eigenvalue weighted by molar-refractivity contribution is -0.143. The minimum Gasteiger partial charge on any atom is -0.480 e. The van der Waals surface area contributed by atoms with Gasteiger partial charge in [0, 0.05) is 18.9 Å². The summed E-state index contributed by atoms with van der Waals surface area (Å²) < 4.78 is 0. The molecule has 0 aromatic rings. The van der Waals surface area contributed by atoms with Crippen molar-refractivity contribution in [2.45, 2.75) is 59.0 Å². The summed E-state index contributed by atoms with van der Waals surface area (Å²) in [4.78, 5) is 33.8. The van der Waals surface area contributed by atoms with E-state index in [1.54, 1.807) is 13.8 Å². The van der Waals surface area contributed by atoms with Crippen LogP contribution in [0.25, 0.3) is 0 Å². The zero-order valence-electron chi connectivity index (χ0n) is 12.0. The topological polar surface area (TPSA) is 95.5 Å². The van der Waals surface area contributed by atoms with Crippen molar-refractivity contribution in [3.05, 3.63) is 0 Å². The Hall–Kier alpha value is -1.59. The smallest absolute Gasteiger partial charge is 0.326 e. The van der Waals surface area contributed by atoms with Gasteiger partial charge in [0.15, 0.2) is 0 Å². The second kappa shape index (κ2) is 8.50. The van der Waals surface area contributed by atoms with E-state index in [4.69, 9.17) is 5.11 Å². The van der Waals surface area contributed by atoms with Gasteiger partial charge in [-0.25, -0.2) is 4.79 Å². The van der Waals surface area contributed by atoms with E-state index >= 15 is 0 Å². The molecular formula is C13H24N2O4. The monoisotopic (exact) mass is 272 g/mol. The van der Waals surface area contributed by atoms with Gasteiger partial charge in [0.05, 0.1) is 0 Å². The Balaban J connectivity index is 3.99. The number of rotatable bonds is 8. The molecule has 0 aromatic heterocycles. The zero-order valence-corrected chi connectivity index (χ0v) is 12.0. The van der Waals surface area contributed by atoms with Crippen LogP contribution in [-0.2, 0) is 14.4 Å². The molecule has 0 rings (SSSR count). The van der Waals surface area contributed by atoms with Crippen molar-refractivity contribution in [3.8, 4) is 0 Å². The first-order valence-corrected chi connectivity index (χ1v) is 6.55. The Morgan fingerprint density at radius 1 is 0.947 bits per heavy atom. The molecule has 0 aliphatic heterocycles. The maximum absolute atomic E-state index is 11.6. The highest BCUT2D eigenvalue weighted by Crippen LogP contribution is 2.03. The minimum atomic E-state index is -1.04. The molecule has 19 heavy (non-hydrogen) atoms. The van der Waals surface area contributed by atoms with Crippen LogP contribution in [0.2, 0.25) is 0 Å². The Morgan fingerprint density at radius 3 is 1.79 bits per heavy atom. The number of nitrogens with one attached hydrogen (secondary N) is 2. The number of carboxylic acids is 1. The average molecular weight is 272 g/mol.